The fraction of sp³-hybridized carbons (Fsp3) is 0.586. The molecule has 0 bridgehead atoms. The molecule has 2 aromatic heterocycles. The molecule has 38 heavy (non-hydrogen) atoms. The Bertz CT molecular complexity index is 1180. The summed E-state index contributed by atoms with van der Waals surface area (Å²) in [4.78, 5) is 20.3. The summed E-state index contributed by atoms with van der Waals surface area (Å²) < 4.78 is 5.71. The molecule has 4 heterocycles. The molecule has 2 N–H and O–H groups in total. The van der Waals surface area contributed by atoms with Gasteiger partial charge in [0.25, 0.3) is 0 Å². The van der Waals surface area contributed by atoms with Gasteiger partial charge in [0, 0.05) is 69.1 Å². The summed E-state index contributed by atoms with van der Waals surface area (Å²) in [5.41, 5.74) is 4.77. The van der Waals surface area contributed by atoms with Crippen LogP contribution >= 0.6 is 11.6 Å². The van der Waals surface area contributed by atoms with E-state index in [1.807, 2.05) is 0 Å². The van der Waals surface area contributed by atoms with E-state index >= 15 is 0 Å². The van der Waals surface area contributed by atoms with Gasteiger partial charge in [-0.2, -0.15) is 0 Å². The number of halogens is 1. The van der Waals surface area contributed by atoms with Crippen molar-refractivity contribution in [2.45, 2.75) is 58.7 Å². The molecular weight excluding hydrogens is 498 g/mol. The molecule has 2 fully saturated rings. The van der Waals surface area contributed by atoms with Crippen molar-refractivity contribution in [3.63, 3.8) is 0 Å². The number of nitrogens with zero attached hydrogens (tertiary/aromatic N) is 5. The van der Waals surface area contributed by atoms with Gasteiger partial charge >= 0.3 is 0 Å². The first-order valence-electron chi connectivity index (χ1n) is 14.1. The van der Waals surface area contributed by atoms with E-state index in [0.29, 0.717) is 28.9 Å². The predicted octanol–water partition coefficient (Wildman–Crippen LogP) is 5.11. The van der Waals surface area contributed by atoms with Crippen molar-refractivity contribution in [2.75, 3.05) is 62.6 Å². The van der Waals surface area contributed by atoms with Crippen LogP contribution < -0.4 is 10.2 Å². The van der Waals surface area contributed by atoms with Gasteiger partial charge in [-0.1, -0.05) is 11.6 Å². The molecule has 0 unspecified atom stereocenters. The van der Waals surface area contributed by atoms with Crippen molar-refractivity contribution < 1.29 is 4.74 Å². The number of aromatic amines is 1. The fourth-order valence-corrected chi connectivity index (χ4v) is 5.65. The number of imidazole rings is 1. The molecule has 206 valence electrons. The van der Waals surface area contributed by atoms with Crippen LogP contribution in [-0.4, -0.2) is 95.4 Å². The van der Waals surface area contributed by atoms with E-state index in [0.717, 1.165) is 87.9 Å². The predicted molar refractivity (Wildman–Crippen MR) is 157 cm³/mol. The van der Waals surface area contributed by atoms with E-state index in [4.69, 9.17) is 21.3 Å². The first kappa shape index (κ1) is 27.2. The lowest BCUT2D eigenvalue weighted by Gasteiger charge is -2.36. The number of hydrogen-bond donors (Lipinski definition) is 2. The average Bonchev–Trinajstić information content (AvgIpc) is 3.36. The van der Waals surface area contributed by atoms with Crippen molar-refractivity contribution >= 4 is 34.1 Å². The number of piperazine rings is 1. The number of pyridine rings is 1. The van der Waals surface area contributed by atoms with Crippen LogP contribution in [0.1, 0.15) is 40.5 Å². The molecule has 0 saturated carbocycles. The maximum atomic E-state index is 6.62. The molecule has 0 atom stereocenters. The zero-order valence-corrected chi connectivity index (χ0v) is 24.0. The molecule has 2 saturated heterocycles. The van der Waals surface area contributed by atoms with Crippen molar-refractivity contribution in [2.24, 2.45) is 0 Å². The van der Waals surface area contributed by atoms with Gasteiger partial charge in [-0.05, 0) is 64.8 Å². The normalized spacial score (nSPS) is 18.2. The van der Waals surface area contributed by atoms with E-state index in [9.17, 15) is 0 Å². The zero-order valence-electron chi connectivity index (χ0n) is 23.2. The summed E-state index contributed by atoms with van der Waals surface area (Å²) >= 11 is 6.62. The molecular formula is C29H42ClN7O. The van der Waals surface area contributed by atoms with Crippen LogP contribution in [0.5, 0.6) is 0 Å². The summed E-state index contributed by atoms with van der Waals surface area (Å²) in [7, 11) is 0. The Morgan fingerprint density at radius 3 is 2.39 bits per heavy atom. The fourth-order valence-electron chi connectivity index (χ4n) is 5.45. The lowest BCUT2D eigenvalue weighted by Crippen LogP contribution is -2.47. The molecule has 9 heteroatoms. The molecule has 5 rings (SSSR count). The highest BCUT2D eigenvalue weighted by Crippen LogP contribution is 2.32. The topological polar surface area (TPSA) is 72.6 Å². The summed E-state index contributed by atoms with van der Waals surface area (Å²) in [5, 5.41) is 4.33. The Hall–Kier alpha value is -2.39. The number of ether oxygens (including phenoxy) is 1. The van der Waals surface area contributed by atoms with E-state index < -0.39 is 0 Å². The Labute approximate surface area is 231 Å². The number of piperidine rings is 1. The Morgan fingerprint density at radius 1 is 1.03 bits per heavy atom. The minimum absolute atomic E-state index is 0.296. The third-order valence-corrected chi connectivity index (χ3v) is 8.11. The van der Waals surface area contributed by atoms with E-state index in [1.54, 1.807) is 6.20 Å². The van der Waals surface area contributed by atoms with Crippen molar-refractivity contribution in [3.8, 4) is 11.4 Å². The maximum absolute atomic E-state index is 6.62. The van der Waals surface area contributed by atoms with E-state index in [-0.39, 0.29) is 0 Å². The number of likely N-dealkylation sites (tertiary alicyclic amines) is 1. The standard InChI is InChI=1S/C29H42ClN7O/c1-20(2)36-11-9-23(10-12-36)32-26-25(30)19-31-29-27(26)33-28(34-29)22-5-7-24(8-6-22)37-15-13-35(14-16-37)17-18-38-21(3)4/h5-8,19-21,23H,9-18H2,1-4H3,(H2,31,32,33,34). The van der Waals surface area contributed by atoms with Gasteiger partial charge in [0.15, 0.2) is 5.65 Å². The number of nitrogens with one attached hydrogen (secondary N) is 2. The monoisotopic (exact) mass is 539 g/mol. The number of rotatable bonds is 9. The lowest BCUT2D eigenvalue weighted by molar-refractivity contribution is 0.0579. The highest BCUT2D eigenvalue weighted by atomic mass is 35.5. The Kier molecular flexibility index (Phi) is 8.73. The third kappa shape index (κ3) is 6.42. The summed E-state index contributed by atoms with van der Waals surface area (Å²) in [6, 6.07) is 9.67. The van der Waals surface area contributed by atoms with Crippen LogP contribution in [-0.2, 0) is 4.74 Å². The van der Waals surface area contributed by atoms with Crippen LogP contribution in [0.4, 0.5) is 11.4 Å². The first-order valence-corrected chi connectivity index (χ1v) is 14.5. The van der Waals surface area contributed by atoms with Crippen LogP contribution in [0.25, 0.3) is 22.6 Å². The second-order valence-corrected chi connectivity index (χ2v) is 11.5. The zero-order chi connectivity index (χ0) is 26.6. The molecule has 3 aromatic rings. The molecule has 1 aromatic carbocycles. The molecule has 2 aliphatic rings. The lowest BCUT2D eigenvalue weighted by atomic mass is 10.0. The van der Waals surface area contributed by atoms with E-state index in [1.165, 1.54) is 5.69 Å². The Morgan fingerprint density at radius 2 is 1.74 bits per heavy atom. The SMILES string of the molecule is CC(C)OCCN1CCN(c2ccc(-c3nc4ncc(Cl)c(NC5CCN(C(C)C)CC5)c4[nH]3)cc2)CC1. The van der Waals surface area contributed by atoms with Gasteiger partial charge in [-0.25, -0.2) is 9.97 Å². The largest absolute Gasteiger partial charge is 0.379 e. The molecule has 2 aliphatic heterocycles. The van der Waals surface area contributed by atoms with Crippen molar-refractivity contribution in [1.82, 2.24) is 24.8 Å². The minimum atomic E-state index is 0.296. The van der Waals surface area contributed by atoms with Gasteiger partial charge < -0.3 is 24.8 Å². The van der Waals surface area contributed by atoms with Crippen molar-refractivity contribution in [3.05, 3.63) is 35.5 Å². The third-order valence-electron chi connectivity index (χ3n) is 7.82. The molecule has 0 amide bonds. The maximum Gasteiger partial charge on any atom is 0.180 e. The average molecular weight is 540 g/mol. The quantitative estimate of drug-likeness (QED) is 0.391. The summed E-state index contributed by atoms with van der Waals surface area (Å²) in [6.07, 6.45) is 4.20. The van der Waals surface area contributed by atoms with Crippen molar-refractivity contribution in [1.29, 1.82) is 0 Å². The second-order valence-electron chi connectivity index (χ2n) is 11.1. The van der Waals surface area contributed by atoms with Crippen LogP contribution in [0.2, 0.25) is 5.02 Å². The number of anilines is 2. The van der Waals surface area contributed by atoms with Gasteiger partial charge in [-0.3, -0.25) is 4.90 Å². The number of hydrogen-bond acceptors (Lipinski definition) is 7. The number of aromatic nitrogens is 3. The molecule has 8 nitrogen and oxygen atoms in total. The molecule has 0 spiro atoms. The van der Waals surface area contributed by atoms with Crippen LogP contribution in [0.15, 0.2) is 30.5 Å². The smallest absolute Gasteiger partial charge is 0.180 e. The van der Waals surface area contributed by atoms with Gasteiger partial charge in [-0.15, -0.1) is 0 Å². The highest BCUT2D eigenvalue weighted by Gasteiger charge is 2.23. The number of benzene rings is 1. The number of fused-ring (bicyclic) bond motifs is 1. The summed E-state index contributed by atoms with van der Waals surface area (Å²) in [6.45, 7) is 16.9. The highest BCUT2D eigenvalue weighted by molar-refractivity contribution is 6.34. The second kappa shape index (κ2) is 12.2. The van der Waals surface area contributed by atoms with Gasteiger partial charge in [0.05, 0.1) is 29.6 Å². The molecule has 0 radical (unpaired) electrons. The van der Waals surface area contributed by atoms with E-state index in [2.05, 4.69) is 81.9 Å². The Balaban J connectivity index is 1.23. The minimum Gasteiger partial charge on any atom is -0.379 e. The van der Waals surface area contributed by atoms with Crippen LogP contribution in [0, 0.1) is 0 Å². The van der Waals surface area contributed by atoms with Gasteiger partial charge in [0.2, 0.25) is 0 Å². The number of H-pyrrole nitrogens is 1. The molecule has 0 aliphatic carbocycles. The first-order chi connectivity index (χ1) is 18.4. The summed E-state index contributed by atoms with van der Waals surface area (Å²) in [5.74, 6) is 0.814. The van der Waals surface area contributed by atoms with Crippen LogP contribution in [0.3, 0.4) is 0 Å². The van der Waals surface area contributed by atoms with Gasteiger partial charge in [0.1, 0.15) is 11.3 Å².